The first-order chi connectivity index (χ1) is 7.70. The van der Waals surface area contributed by atoms with Crippen LogP contribution in [0.5, 0.6) is 0 Å². The van der Waals surface area contributed by atoms with Gasteiger partial charge in [-0.25, -0.2) is 4.79 Å². The van der Waals surface area contributed by atoms with E-state index in [1.807, 2.05) is 0 Å². The Bertz CT molecular complexity index is 405. The Labute approximate surface area is 93.6 Å². The molecule has 0 aliphatic heterocycles. The van der Waals surface area contributed by atoms with Crippen molar-refractivity contribution in [2.75, 3.05) is 7.11 Å². The molecule has 86 valence electrons. The lowest BCUT2D eigenvalue weighted by Gasteiger charge is -2.04. The van der Waals surface area contributed by atoms with Gasteiger partial charge in [0, 0.05) is 18.8 Å². The van der Waals surface area contributed by atoms with E-state index >= 15 is 0 Å². The van der Waals surface area contributed by atoms with E-state index < -0.39 is 5.97 Å². The molecule has 1 aliphatic carbocycles. The molecule has 0 unspecified atom stereocenters. The van der Waals surface area contributed by atoms with Crippen LogP contribution in [0, 0.1) is 5.92 Å². The molecule has 0 aromatic carbocycles. The predicted molar refractivity (Wildman–Crippen MR) is 56.1 cm³/mol. The van der Waals surface area contributed by atoms with Gasteiger partial charge in [0.25, 0.3) is 0 Å². The second-order valence-electron chi connectivity index (χ2n) is 4.02. The quantitative estimate of drug-likeness (QED) is 0.734. The number of rotatable bonds is 3. The van der Waals surface area contributed by atoms with Crippen molar-refractivity contribution < 1.29 is 18.7 Å². The summed E-state index contributed by atoms with van der Waals surface area (Å²) in [5.74, 6) is 0.764. The lowest BCUT2D eigenvalue weighted by atomic mass is 10.0. The maximum absolute atomic E-state index is 11.4. The Morgan fingerprint density at radius 3 is 3.00 bits per heavy atom. The Kier molecular flexibility index (Phi) is 3.08. The smallest absolute Gasteiger partial charge is 0.373 e. The molecule has 0 saturated heterocycles. The SMILES string of the molecule is COC(=O)c1ccc(C[C@@H]2CCCC2=O)o1. The van der Waals surface area contributed by atoms with E-state index in [9.17, 15) is 9.59 Å². The van der Waals surface area contributed by atoms with Gasteiger partial charge in [-0.05, 0) is 25.0 Å². The molecule has 0 amide bonds. The number of carbonyl (C=O) groups is 2. The average Bonchev–Trinajstić information content (AvgIpc) is 2.89. The second-order valence-corrected chi connectivity index (χ2v) is 4.02. The summed E-state index contributed by atoms with van der Waals surface area (Å²) >= 11 is 0. The Morgan fingerprint density at radius 2 is 2.38 bits per heavy atom. The minimum absolute atomic E-state index is 0.0663. The molecule has 1 heterocycles. The van der Waals surface area contributed by atoms with Crippen LogP contribution >= 0.6 is 0 Å². The summed E-state index contributed by atoms with van der Waals surface area (Å²) < 4.78 is 9.86. The molecule has 0 bridgehead atoms. The van der Waals surface area contributed by atoms with Crippen LogP contribution in [0.15, 0.2) is 16.5 Å². The van der Waals surface area contributed by atoms with Gasteiger partial charge in [0.2, 0.25) is 5.76 Å². The highest BCUT2D eigenvalue weighted by Gasteiger charge is 2.25. The highest BCUT2D eigenvalue weighted by molar-refractivity contribution is 5.86. The number of ketones is 1. The van der Waals surface area contributed by atoms with Crippen molar-refractivity contribution in [2.45, 2.75) is 25.7 Å². The van der Waals surface area contributed by atoms with E-state index in [1.54, 1.807) is 12.1 Å². The molecule has 1 saturated carbocycles. The van der Waals surface area contributed by atoms with Crippen LogP contribution in [0.2, 0.25) is 0 Å². The molecule has 0 radical (unpaired) electrons. The van der Waals surface area contributed by atoms with E-state index in [4.69, 9.17) is 4.42 Å². The monoisotopic (exact) mass is 222 g/mol. The topological polar surface area (TPSA) is 56.5 Å². The van der Waals surface area contributed by atoms with Gasteiger partial charge in [-0.3, -0.25) is 4.79 Å². The van der Waals surface area contributed by atoms with E-state index in [0.717, 1.165) is 12.8 Å². The molecule has 0 spiro atoms. The van der Waals surface area contributed by atoms with E-state index in [2.05, 4.69) is 4.74 Å². The largest absolute Gasteiger partial charge is 0.463 e. The molecule has 1 fully saturated rings. The van der Waals surface area contributed by atoms with Crippen molar-refractivity contribution in [1.82, 2.24) is 0 Å². The Morgan fingerprint density at radius 1 is 1.56 bits per heavy atom. The predicted octanol–water partition coefficient (Wildman–Crippen LogP) is 1.98. The number of furan rings is 1. The van der Waals surface area contributed by atoms with Gasteiger partial charge in [-0.2, -0.15) is 0 Å². The molecule has 0 N–H and O–H groups in total. The van der Waals surface area contributed by atoms with E-state index in [0.29, 0.717) is 24.4 Å². The van der Waals surface area contributed by atoms with Crippen molar-refractivity contribution in [2.24, 2.45) is 5.92 Å². The van der Waals surface area contributed by atoms with Crippen LogP contribution < -0.4 is 0 Å². The maximum atomic E-state index is 11.4. The summed E-state index contributed by atoms with van der Waals surface area (Å²) in [6, 6.07) is 3.32. The van der Waals surface area contributed by atoms with Crippen LogP contribution in [0.3, 0.4) is 0 Å². The first-order valence-corrected chi connectivity index (χ1v) is 5.40. The number of hydrogen-bond donors (Lipinski definition) is 0. The molecule has 1 aromatic rings. The zero-order valence-corrected chi connectivity index (χ0v) is 9.19. The fourth-order valence-corrected chi connectivity index (χ4v) is 2.04. The molecule has 2 rings (SSSR count). The second kappa shape index (κ2) is 4.51. The van der Waals surface area contributed by atoms with Crippen LogP contribution in [-0.2, 0) is 16.0 Å². The average molecular weight is 222 g/mol. The van der Waals surface area contributed by atoms with Crippen molar-refractivity contribution >= 4 is 11.8 Å². The van der Waals surface area contributed by atoms with Crippen molar-refractivity contribution in [3.05, 3.63) is 23.7 Å². The zero-order chi connectivity index (χ0) is 11.5. The van der Waals surface area contributed by atoms with Crippen molar-refractivity contribution in [3.63, 3.8) is 0 Å². The van der Waals surface area contributed by atoms with Gasteiger partial charge in [0.15, 0.2) is 0 Å². The Hall–Kier alpha value is -1.58. The molecule has 4 heteroatoms. The molecule has 1 atom stereocenters. The molecular formula is C12H14O4. The number of carbonyl (C=O) groups excluding carboxylic acids is 2. The highest BCUT2D eigenvalue weighted by atomic mass is 16.5. The number of hydrogen-bond acceptors (Lipinski definition) is 4. The number of esters is 1. The van der Waals surface area contributed by atoms with Crippen LogP contribution in [0.1, 0.15) is 35.6 Å². The van der Waals surface area contributed by atoms with Crippen LogP contribution in [0.4, 0.5) is 0 Å². The maximum Gasteiger partial charge on any atom is 0.373 e. The lowest BCUT2D eigenvalue weighted by molar-refractivity contribution is -0.120. The lowest BCUT2D eigenvalue weighted by Crippen LogP contribution is -2.08. The summed E-state index contributed by atoms with van der Waals surface area (Å²) in [5, 5.41) is 0. The van der Waals surface area contributed by atoms with Gasteiger partial charge >= 0.3 is 5.97 Å². The first-order valence-electron chi connectivity index (χ1n) is 5.40. The number of ether oxygens (including phenoxy) is 1. The zero-order valence-electron chi connectivity index (χ0n) is 9.19. The highest BCUT2D eigenvalue weighted by Crippen LogP contribution is 2.25. The molecule has 1 aromatic heterocycles. The van der Waals surface area contributed by atoms with E-state index in [1.165, 1.54) is 7.11 Å². The number of Topliss-reactive ketones (excluding diaryl/α,β-unsaturated/α-hetero) is 1. The van der Waals surface area contributed by atoms with Crippen LogP contribution in [-0.4, -0.2) is 18.9 Å². The van der Waals surface area contributed by atoms with Crippen LogP contribution in [0.25, 0.3) is 0 Å². The third-order valence-corrected chi connectivity index (χ3v) is 2.93. The summed E-state index contributed by atoms with van der Waals surface area (Å²) in [6.07, 6.45) is 3.16. The molecule has 1 aliphatic rings. The van der Waals surface area contributed by atoms with Gasteiger partial charge < -0.3 is 9.15 Å². The van der Waals surface area contributed by atoms with Gasteiger partial charge in [0.05, 0.1) is 7.11 Å². The molecular weight excluding hydrogens is 208 g/mol. The minimum atomic E-state index is -0.482. The summed E-state index contributed by atoms with van der Waals surface area (Å²) in [5.41, 5.74) is 0. The van der Waals surface area contributed by atoms with Gasteiger partial charge in [-0.15, -0.1) is 0 Å². The van der Waals surface area contributed by atoms with Gasteiger partial charge in [-0.1, -0.05) is 0 Å². The summed E-state index contributed by atoms with van der Waals surface area (Å²) in [7, 11) is 1.31. The molecule has 4 nitrogen and oxygen atoms in total. The van der Waals surface area contributed by atoms with Crippen molar-refractivity contribution in [1.29, 1.82) is 0 Å². The number of methoxy groups -OCH3 is 1. The Balaban J connectivity index is 2.02. The van der Waals surface area contributed by atoms with Gasteiger partial charge in [0.1, 0.15) is 11.5 Å². The summed E-state index contributed by atoms with van der Waals surface area (Å²) in [4.78, 5) is 22.6. The van der Waals surface area contributed by atoms with E-state index in [-0.39, 0.29) is 11.7 Å². The normalized spacial score (nSPS) is 20.1. The third-order valence-electron chi connectivity index (χ3n) is 2.93. The fraction of sp³-hybridized carbons (Fsp3) is 0.500. The minimum Gasteiger partial charge on any atom is -0.463 e. The standard InChI is InChI=1S/C12H14O4/c1-15-12(14)11-6-5-9(16-11)7-8-3-2-4-10(8)13/h5-6,8H,2-4,7H2,1H3/t8-/m0/s1. The summed E-state index contributed by atoms with van der Waals surface area (Å²) in [6.45, 7) is 0. The van der Waals surface area contributed by atoms with Crippen molar-refractivity contribution in [3.8, 4) is 0 Å². The third kappa shape index (κ3) is 2.15. The molecule has 16 heavy (non-hydrogen) atoms. The first kappa shape index (κ1) is 10.9. The fourth-order valence-electron chi connectivity index (χ4n) is 2.04.